The molecule has 0 aromatic carbocycles. The van der Waals surface area contributed by atoms with E-state index < -0.39 is 0 Å². The molecule has 110 valence electrons. The molecule has 1 heterocycles. The first-order valence-electron chi connectivity index (χ1n) is 6.78. The normalized spacial score (nSPS) is 10.7. The highest BCUT2D eigenvalue weighted by atomic mass is 16.2. The summed E-state index contributed by atoms with van der Waals surface area (Å²) in [5.74, 6) is -0.261. The van der Waals surface area contributed by atoms with E-state index in [1.807, 2.05) is 27.7 Å². The Labute approximate surface area is 119 Å². The van der Waals surface area contributed by atoms with Crippen LogP contribution in [-0.4, -0.2) is 45.3 Å². The van der Waals surface area contributed by atoms with Gasteiger partial charge in [-0.25, -0.2) is 4.98 Å². The standard InChI is InChI=1S/C14H22N4O2/c1-10(2)17-13(19)5-8-18(11(3)4)14(20)12-9-15-6-7-16-12/h6-7,9-11H,5,8H2,1-4H3,(H,17,19). The predicted octanol–water partition coefficient (Wildman–Crippen LogP) is 1.24. The van der Waals surface area contributed by atoms with Crippen molar-refractivity contribution in [2.75, 3.05) is 6.54 Å². The SMILES string of the molecule is CC(C)NC(=O)CCN(C(=O)c1cnccn1)C(C)C. The summed E-state index contributed by atoms with van der Waals surface area (Å²) in [6, 6.07) is 0.0991. The Hall–Kier alpha value is -1.98. The molecule has 1 rings (SSSR count). The van der Waals surface area contributed by atoms with Crippen LogP contribution in [0.4, 0.5) is 0 Å². The van der Waals surface area contributed by atoms with Crippen molar-refractivity contribution in [3.63, 3.8) is 0 Å². The molecule has 2 amide bonds. The summed E-state index contributed by atoms with van der Waals surface area (Å²) in [4.78, 5) is 33.5. The zero-order valence-corrected chi connectivity index (χ0v) is 12.5. The fraction of sp³-hybridized carbons (Fsp3) is 0.571. The Bertz CT molecular complexity index is 446. The lowest BCUT2D eigenvalue weighted by molar-refractivity contribution is -0.121. The molecule has 0 saturated carbocycles. The van der Waals surface area contributed by atoms with Gasteiger partial charge in [-0.15, -0.1) is 0 Å². The number of hydrogen-bond acceptors (Lipinski definition) is 4. The number of carbonyl (C=O) groups is 2. The van der Waals surface area contributed by atoms with Crippen LogP contribution in [0, 0.1) is 0 Å². The number of carbonyl (C=O) groups excluding carboxylic acids is 2. The lowest BCUT2D eigenvalue weighted by Crippen LogP contribution is -2.41. The van der Waals surface area contributed by atoms with Crippen LogP contribution in [0.2, 0.25) is 0 Å². The van der Waals surface area contributed by atoms with Gasteiger partial charge in [0.1, 0.15) is 5.69 Å². The number of hydrogen-bond donors (Lipinski definition) is 1. The Balaban J connectivity index is 2.66. The van der Waals surface area contributed by atoms with Crippen LogP contribution >= 0.6 is 0 Å². The third kappa shape index (κ3) is 4.95. The molecule has 0 aliphatic rings. The van der Waals surface area contributed by atoms with E-state index in [4.69, 9.17) is 0 Å². The molecule has 1 N–H and O–H groups in total. The Morgan fingerprint density at radius 3 is 2.45 bits per heavy atom. The monoisotopic (exact) mass is 278 g/mol. The molecule has 0 atom stereocenters. The van der Waals surface area contributed by atoms with Crippen LogP contribution in [0.3, 0.4) is 0 Å². The lowest BCUT2D eigenvalue weighted by Gasteiger charge is -2.26. The molecule has 0 unspecified atom stereocenters. The van der Waals surface area contributed by atoms with Crippen molar-refractivity contribution < 1.29 is 9.59 Å². The minimum atomic E-state index is -0.203. The Morgan fingerprint density at radius 2 is 1.95 bits per heavy atom. The molecule has 6 nitrogen and oxygen atoms in total. The zero-order valence-electron chi connectivity index (χ0n) is 12.5. The maximum Gasteiger partial charge on any atom is 0.274 e. The zero-order chi connectivity index (χ0) is 15.1. The minimum Gasteiger partial charge on any atom is -0.354 e. The van der Waals surface area contributed by atoms with E-state index >= 15 is 0 Å². The van der Waals surface area contributed by atoms with Crippen LogP contribution in [0.5, 0.6) is 0 Å². The van der Waals surface area contributed by atoms with Gasteiger partial charge >= 0.3 is 0 Å². The number of amides is 2. The van der Waals surface area contributed by atoms with Gasteiger partial charge < -0.3 is 10.2 Å². The third-order valence-corrected chi connectivity index (χ3v) is 2.70. The van der Waals surface area contributed by atoms with Crippen molar-refractivity contribution in [2.24, 2.45) is 0 Å². The molecular formula is C14H22N4O2. The summed E-state index contributed by atoms with van der Waals surface area (Å²) in [5.41, 5.74) is 0.297. The maximum atomic E-state index is 12.3. The highest BCUT2D eigenvalue weighted by molar-refractivity contribution is 5.92. The maximum absolute atomic E-state index is 12.3. The third-order valence-electron chi connectivity index (χ3n) is 2.70. The topological polar surface area (TPSA) is 75.2 Å². The van der Waals surface area contributed by atoms with E-state index in [1.54, 1.807) is 4.90 Å². The van der Waals surface area contributed by atoms with E-state index in [1.165, 1.54) is 18.6 Å². The van der Waals surface area contributed by atoms with Gasteiger partial charge in [-0.1, -0.05) is 0 Å². The van der Waals surface area contributed by atoms with E-state index in [0.717, 1.165) is 0 Å². The van der Waals surface area contributed by atoms with Gasteiger partial charge in [0, 0.05) is 37.4 Å². The molecule has 6 heteroatoms. The summed E-state index contributed by atoms with van der Waals surface area (Å²) in [6.07, 6.45) is 4.72. The molecule has 0 fully saturated rings. The summed E-state index contributed by atoms with van der Waals surface area (Å²) in [6.45, 7) is 8.00. The molecule has 20 heavy (non-hydrogen) atoms. The largest absolute Gasteiger partial charge is 0.354 e. The lowest BCUT2D eigenvalue weighted by atomic mass is 10.2. The van der Waals surface area contributed by atoms with Gasteiger partial charge in [-0.3, -0.25) is 14.6 Å². The van der Waals surface area contributed by atoms with Gasteiger partial charge in [0.05, 0.1) is 6.20 Å². The second-order valence-corrected chi connectivity index (χ2v) is 5.16. The van der Waals surface area contributed by atoms with Gasteiger partial charge in [0.2, 0.25) is 5.91 Å². The summed E-state index contributed by atoms with van der Waals surface area (Å²) in [5, 5.41) is 2.81. The minimum absolute atomic E-state index is 0.00337. The second kappa shape index (κ2) is 7.57. The average molecular weight is 278 g/mol. The van der Waals surface area contributed by atoms with Gasteiger partial charge in [-0.2, -0.15) is 0 Å². The van der Waals surface area contributed by atoms with Crippen molar-refractivity contribution in [3.05, 3.63) is 24.3 Å². The van der Waals surface area contributed by atoms with Crippen molar-refractivity contribution in [3.8, 4) is 0 Å². The molecule has 1 aromatic rings. The fourth-order valence-electron chi connectivity index (χ4n) is 1.77. The molecule has 0 aliphatic carbocycles. The molecule has 0 saturated heterocycles. The highest BCUT2D eigenvalue weighted by Gasteiger charge is 2.20. The van der Waals surface area contributed by atoms with E-state index in [9.17, 15) is 9.59 Å². The fourth-order valence-corrected chi connectivity index (χ4v) is 1.77. The number of aromatic nitrogens is 2. The smallest absolute Gasteiger partial charge is 0.274 e. The highest BCUT2D eigenvalue weighted by Crippen LogP contribution is 2.06. The van der Waals surface area contributed by atoms with Crippen molar-refractivity contribution in [2.45, 2.75) is 46.2 Å². The summed E-state index contributed by atoms with van der Waals surface area (Å²) >= 11 is 0. The van der Waals surface area contributed by atoms with E-state index in [0.29, 0.717) is 12.2 Å². The quantitative estimate of drug-likeness (QED) is 0.849. The van der Waals surface area contributed by atoms with Gasteiger partial charge in [0.25, 0.3) is 5.91 Å². The van der Waals surface area contributed by atoms with Crippen LogP contribution in [0.1, 0.15) is 44.6 Å². The summed E-state index contributed by atoms with van der Waals surface area (Å²) in [7, 11) is 0. The van der Waals surface area contributed by atoms with Crippen LogP contribution < -0.4 is 5.32 Å². The molecule has 0 aliphatic heterocycles. The molecule has 0 radical (unpaired) electrons. The Kier molecular flexibility index (Phi) is 6.09. The van der Waals surface area contributed by atoms with Crippen molar-refractivity contribution in [1.29, 1.82) is 0 Å². The van der Waals surface area contributed by atoms with Crippen LogP contribution in [0.25, 0.3) is 0 Å². The van der Waals surface area contributed by atoms with E-state index in [2.05, 4.69) is 15.3 Å². The number of nitrogens with zero attached hydrogens (tertiary/aromatic N) is 3. The second-order valence-electron chi connectivity index (χ2n) is 5.16. The first kappa shape index (κ1) is 16.1. The predicted molar refractivity (Wildman–Crippen MR) is 76.1 cm³/mol. The summed E-state index contributed by atoms with van der Waals surface area (Å²) < 4.78 is 0. The Morgan fingerprint density at radius 1 is 1.25 bits per heavy atom. The van der Waals surface area contributed by atoms with E-state index in [-0.39, 0.29) is 30.3 Å². The average Bonchev–Trinajstić information content (AvgIpc) is 2.38. The first-order chi connectivity index (χ1) is 9.41. The molecule has 1 aromatic heterocycles. The molecule has 0 bridgehead atoms. The number of nitrogens with one attached hydrogen (secondary N) is 1. The van der Waals surface area contributed by atoms with Crippen molar-refractivity contribution in [1.82, 2.24) is 20.2 Å². The van der Waals surface area contributed by atoms with Gasteiger partial charge in [-0.05, 0) is 27.7 Å². The van der Waals surface area contributed by atoms with Crippen LogP contribution in [0.15, 0.2) is 18.6 Å². The van der Waals surface area contributed by atoms with Crippen molar-refractivity contribution >= 4 is 11.8 Å². The van der Waals surface area contributed by atoms with Gasteiger partial charge in [0.15, 0.2) is 0 Å². The number of rotatable bonds is 6. The van der Waals surface area contributed by atoms with Crippen LogP contribution in [-0.2, 0) is 4.79 Å². The molecular weight excluding hydrogens is 256 g/mol. The molecule has 0 spiro atoms. The first-order valence-corrected chi connectivity index (χ1v) is 6.78.